The number of hydrogen-bond donors (Lipinski definition) is 6. The van der Waals surface area contributed by atoms with Crippen molar-refractivity contribution in [2.24, 2.45) is 0 Å². The van der Waals surface area contributed by atoms with Crippen molar-refractivity contribution in [1.82, 2.24) is 10.2 Å². The highest BCUT2D eigenvalue weighted by Crippen LogP contribution is 2.55. The molecule has 12 nitrogen and oxygen atoms in total. The van der Waals surface area contributed by atoms with Crippen LogP contribution in [-0.4, -0.2) is 72.8 Å². The number of rotatable bonds is 7. The first-order valence-corrected chi connectivity index (χ1v) is 11.5. The molecule has 0 bridgehead atoms. The number of ether oxygens (including phenoxy) is 1. The topological polar surface area (TPSA) is 186 Å². The molecule has 158 valence electrons. The highest BCUT2D eigenvalue weighted by Gasteiger charge is 2.47. The molecule has 0 spiro atoms. The molecule has 0 aromatic carbocycles. The Morgan fingerprint density at radius 3 is 2.46 bits per heavy atom. The lowest BCUT2D eigenvalue weighted by Gasteiger charge is -2.34. The van der Waals surface area contributed by atoms with Gasteiger partial charge in [-0.25, -0.2) is 0 Å². The lowest BCUT2D eigenvalue weighted by molar-refractivity contribution is -0.119. The Hall–Kier alpha value is -1.04. The average Bonchev–Trinajstić information content (AvgIpc) is 2.79. The number of hydrogen-bond acceptors (Lipinski definition) is 8. The third-order valence-electron chi connectivity index (χ3n) is 3.79. The van der Waals surface area contributed by atoms with Crippen molar-refractivity contribution < 1.29 is 48.1 Å². The van der Waals surface area contributed by atoms with Crippen LogP contribution in [-0.2, 0) is 23.2 Å². The summed E-state index contributed by atoms with van der Waals surface area (Å²) in [6.07, 6.45) is -4.53. The van der Waals surface area contributed by atoms with E-state index in [1.165, 1.54) is 11.1 Å². The summed E-state index contributed by atoms with van der Waals surface area (Å²) in [5, 5.41) is 22.6. The Balaban J connectivity index is 2.13. The molecule has 2 aliphatic rings. The number of aliphatic hydroxyl groups excluding tert-OH is 2. The van der Waals surface area contributed by atoms with E-state index in [2.05, 4.69) is 23.0 Å². The first-order chi connectivity index (χ1) is 12.7. The molecular weight excluding hydrogens is 442 g/mol. The van der Waals surface area contributed by atoms with Crippen LogP contribution < -0.4 is 5.32 Å². The fourth-order valence-electron chi connectivity index (χ4n) is 2.52. The van der Waals surface area contributed by atoms with Gasteiger partial charge in [0, 0.05) is 11.2 Å². The third kappa shape index (κ3) is 5.52. The molecule has 2 unspecified atom stereocenters. The molecule has 1 fully saturated rings. The summed E-state index contributed by atoms with van der Waals surface area (Å²) in [4.78, 5) is 40.0. The fraction of sp³-hybridized carbons (Fsp3) is 0.462. The highest BCUT2D eigenvalue weighted by atomic mass is 35.5. The van der Waals surface area contributed by atoms with Crippen LogP contribution in [0.3, 0.4) is 0 Å². The number of nitrogens with one attached hydrogen (secondary N) is 1. The molecule has 0 aliphatic carbocycles. The van der Waals surface area contributed by atoms with Crippen molar-refractivity contribution in [3.05, 3.63) is 35.8 Å². The fourth-order valence-corrected chi connectivity index (χ4v) is 5.22. The van der Waals surface area contributed by atoms with E-state index in [0.717, 1.165) is 0 Å². The van der Waals surface area contributed by atoms with E-state index in [9.17, 15) is 29.0 Å². The van der Waals surface area contributed by atoms with Gasteiger partial charge in [-0.3, -0.25) is 13.9 Å². The van der Waals surface area contributed by atoms with Gasteiger partial charge in [-0.1, -0.05) is 24.8 Å². The zero-order valence-corrected chi connectivity index (χ0v) is 16.8. The van der Waals surface area contributed by atoms with E-state index in [1.807, 2.05) is 0 Å². The molecule has 0 aromatic heterocycles. The minimum Gasteiger partial charge on any atom is -0.387 e. The molecule has 28 heavy (non-hydrogen) atoms. The average molecular weight is 461 g/mol. The molecule has 15 heteroatoms. The molecule has 5 atom stereocenters. The summed E-state index contributed by atoms with van der Waals surface area (Å²) < 4.78 is 32.6. The van der Waals surface area contributed by atoms with E-state index < -0.39 is 58.1 Å². The minimum atomic E-state index is -4.82. The van der Waals surface area contributed by atoms with Gasteiger partial charge in [-0.05, 0) is 0 Å². The molecule has 2 aliphatic heterocycles. The van der Waals surface area contributed by atoms with E-state index in [-0.39, 0.29) is 16.4 Å². The highest BCUT2D eigenvalue weighted by molar-refractivity contribution is 7.70. The molecule has 1 saturated heterocycles. The second kappa shape index (κ2) is 8.37. The summed E-state index contributed by atoms with van der Waals surface area (Å²) in [6.45, 7) is 6.29. The number of aliphatic hydroxyl groups is 2. The predicted octanol–water partition coefficient (Wildman–Crippen LogP) is -0.690. The molecule has 6 N–H and O–H groups in total. The van der Waals surface area contributed by atoms with Crippen LogP contribution in [0, 0.1) is 0 Å². The van der Waals surface area contributed by atoms with Gasteiger partial charge in [0.1, 0.15) is 24.1 Å². The van der Waals surface area contributed by atoms with E-state index in [1.54, 1.807) is 0 Å². The van der Waals surface area contributed by atoms with Crippen LogP contribution in [0.25, 0.3) is 0 Å². The van der Waals surface area contributed by atoms with E-state index in [4.69, 9.17) is 26.1 Å². The van der Waals surface area contributed by atoms with Crippen LogP contribution in [0.4, 0.5) is 0 Å². The quantitative estimate of drug-likeness (QED) is 0.264. The van der Waals surface area contributed by atoms with Gasteiger partial charge < -0.3 is 44.4 Å². The SMILES string of the molecule is C=C(Cl)C1=CN([C@@H]2O[C@H](COP(=O)(O)CP(=O)(O)O)[C@H](O)C2O)C(=C)NC1=O. The van der Waals surface area contributed by atoms with Gasteiger partial charge in [-0.2, -0.15) is 0 Å². The summed E-state index contributed by atoms with van der Waals surface area (Å²) in [5.41, 5.74) is -0.0411. The number of carbonyl (C=O) groups is 1. The molecule has 0 radical (unpaired) electrons. The Morgan fingerprint density at radius 2 is 1.93 bits per heavy atom. The smallest absolute Gasteiger partial charge is 0.340 e. The Kier molecular flexibility index (Phi) is 6.95. The summed E-state index contributed by atoms with van der Waals surface area (Å²) in [5.74, 6) is -2.00. The monoisotopic (exact) mass is 460 g/mol. The number of halogens is 1. The lowest BCUT2D eigenvalue weighted by atomic mass is 10.1. The van der Waals surface area contributed by atoms with Gasteiger partial charge in [0.15, 0.2) is 12.1 Å². The first kappa shape index (κ1) is 23.2. The lowest BCUT2D eigenvalue weighted by Crippen LogP contribution is -2.47. The zero-order chi connectivity index (χ0) is 21.4. The van der Waals surface area contributed by atoms with Crippen molar-refractivity contribution in [1.29, 1.82) is 0 Å². The number of carbonyl (C=O) groups excluding carboxylic acids is 1. The second-order valence-electron chi connectivity index (χ2n) is 6.04. The molecule has 1 amide bonds. The molecule has 2 heterocycles. The summed E-state index contributed by atoms with van der Waals surface area (Å²) in [7, 11) is -9.49. The van der Waals surface area contributed by atoms with Gasteiger partial charge in [-0.15, -0.1) is 0 Å². The van der Waals surface area contributed by atoms with Crippen molar-refractivity contribution >= 4 is 32.7 Å². The number of nitrogens with zero attached hydrogens (tertiary/aromatic N) is 1. The van der Waals surface area contributed by atoms with Crippen LogP contribution in [0.1, 0.15) is 0 Å². The maximum absolute atomic E-state index is 11.8. The predicted molar refractivity (Wildman–Crippen MR) is 95.6 cm³/mol. The standard InChI is InChI=1S/C13H19ClN2O10P2/c1-6(14)8-3-16(7(2)15-12(8)19)13-11(18)10(17)9(26-13)4-25-28(23,24)5-27(20,21)22/h3,9-11,13,17-18H,1-2,4-5H2,(H,15,19)(H,23,24)(H2,20,21,22)/t9-,10+,11?,13-/m1/s1. The molecule has 0 saturated carbocycles. The van der Waals surface area contributed by atoms with Gasteiger partial charge in [0.2, 0.25) is 0 Å². The molecule has 2 rings (SSSR count). The second-order valence-corrected chi connectivity index (χ2v) is 10.5. The van der Waals surface area contributed by atoms with Gasteiger partial charge in [0.25, 0.3) is 5.91 Å². The van der Waals surface area contributed by atoms with Crippen molar-refractivity contribution in [3.8, 4) is 0 Å². The van der Waals surface area contributed by atoms with Crippen LogP contribution in [0.5, 0.6) is 0 Å². The summed E-state index contributed by atoms with van der Waals surface area (Å²) in [6, 6.07) is 0. The van der Waals surface area contributed by atoms with E-state index >= 15 is 0 Å². The maximum atomic E-state index is 11.8. The van der Waals surface area contributed by atoms with Crippen molar-refractivity contribution in [2.75, 3.05) is 12.5 Å². The van der Waals surface area contributed by atoms with E-state index in [0.29, 0.717) is 0 Å². The van der Waals surface area contributed by atoms with Crippen molar-refractivity contribution in [3.63, 3.8) is 0 Å². The Morgan fingerprint density at radius 1 is 1.32 bits per heavy atom. The normalized spacial score (nSPS) is 30.6. The molecule has 0 aromatic rings. The van der Waals surface area contributed by atoms with Crippen molar-refractivity contribution in [2.45, 2.75) is 24.5 Å². The van der Waals surface area contributed by atoms with Crippen LogP contribution >= 0.6 is 26.8 Å². The summed E-state index contributed by atoms with van der Waals surface area (Å²) >= 11 is 5.74. The Labute approximate surface area is 164 Å². The number of amides is 1. The Bertz CT molecular complexity index is 811. The third-order valence-corrected chi connectivity index (χ3v) is 7.45. The first-order valence-electron chi connectivity index (χ1n) is 7.59. The van der Waals surface area contributed by atoms with Gasteiger partial charge in [0.05, 0.1) is 12.2 Å². The van der Waals surface area contributed by atoms with Crippen LogP contribution in [0.2, 0.25) is 0 Å². The van der Waals surface area contributed by atoms with Crippen LogP contribution in [0.15, 0.2) is 35.8 Å². The molecular formula is C13H19ClN2O10P2. The maximum Gasteiger partial charge on any atom is 0.340 e. The largest absolute Gasteiger partial charge is 0.387 e. The van der Waals surface area contributed by atoms with Gasteiger partial charge >= 0.3 is 15.2 Å². The zero-order valence-electron chi connectivity index (χ0n) is 14.2. The minimum absolute atomic E-state index is 0.00110.